The molecule has 4 rings (SSSR count). The van der Waals surface area contributed by atoms with Gasteiger partial charge in [0.25, 0.3) is 5.91 Å². The van der Waals surface area contributed by atoms with Crippen LogP contribution in [0.4, 0.5) is 0 Å². The molecule has 1 aromatic heterocycles. The Balaban J connectivity index is 1.40. The maximum atomic E-state index is 12.9. The molecule has 1 atom stereocenters. The second-order valence-electron chi connectivity index (χ2n) is 8.19. The Morgan fingerprint density at radius 2 is 1.97 bits per heavy atom. The molecule has 30 heavy (non-hydrogen) atoms. The van der Waals surface area contributed by atoms with Crippen molar-refractivity contribution in [3.05, 3.63) is 59.5 Å². The van der Waals surface area contributed by atoms with E-state index < -0.39 is 0 Å². The van der Waals surface area contributed by atoms with E-state index in [0.29, 0.717) is 50.9 Å². The minimum atomic E-state index is -0.0203. The van der Waals surface area contributed by atoms with E-state index in [4.69, 9.17) is 9.15 Å². The van der Waals surface area contributed by atoms with Gasteiger partial charge in [0.05, 0.1) is 32.1 Å². The van der Waals surface area contributed by atoms with Gasteiger partial charge < -0.3 is 19.4 Å². The molecule has 2 aromatic rings. The van der Waals surface area contributed by atoms with E-state index in [1.165, 1.54) is 0 Å². The molecule has 1 saturated carbocycles. The summed E-state index contributed by atoms with van der Waals surface area (Å²) in [5, 5.41) is 3.00. The van der Waals surface area contributed by atoms with Gasteiger partial charge in [-0.3, -0.25) is 14.5 Å². The Morgan fingerprint density at radius 1 is 1.17 bits per heavy atom. The highest BCUT2D eigenvalue weighted by Gasteiger charge is 2.25. The van der Waals surface area contributed by atoms with Gasteiger partial charge in [-0.1, -0.05) is 12.1 Å². The second-order valence-corrected chi connectivity index (χ2v) is 8.19. The zero-order chi connectivity index (χ0) is 20.9. The summed E-state index contributed by atoms with van der Waals surface area (Å²) in [6.07, 6.45) is 3.85. The van der Waals surface area contributed by atoms with Crippen molar-refractivity contribution in [1.82, 2.24) is 15.1 Å². The van der Waals surface area contributed by atoms with Crippen LogP contribution in [0.2, 0.25) is 0 Å². The SMILES string of the molecule is C[C@H]1CN(C(=O)CN(Cc2ccc(C(=O)NC3CC3)cc2)Cc2ccco2)CCO1. The molecule has 2 fully saturated rings. The smallest absolute Gasteiger partial charge is 0.251 e. The van der Waals surface area contributed by atoms with Crippen molar-refractivity contribution >= 4 is 11.8 Å². The van der Waals surface area contributed by atoms with Crippen LogP contribution in [-0.2, 0) is 22.6 Å². The zero-order valence-corrected chi connectivity index (χ0v) is 17.4. The summed E-state index contributed by atoms with van der Waals surface area (Å²) in [5.74, 6) is 0.892. The van der Waals surface area contributed by atoms with E-state index >= 15 is 0 Å². The molecular formula is C23H29N3O4. The van der Waals surface area contributed by atoms with E-state index in [1.54, 1.807) is 6.26 Å². The molecule has 0 radical (unpaired) electrons. The number of rotatable bonds is 8. The zero-order valence-electron chi connectivity index (χ0n) is 17.4. The van der Waals surface area contributed by atoms with Gasteiger partial charge in [0.2, 0.25) is 5.91 Å². The van der Waals surface area contributed by atoms with Crippen LogP contribution in [0.25, 0.3) is 0 Å². The number of carbonyl (C=O) groups is 2. The Labute approximate surface area is 177 Å². The molecule has 1 aliphatic heterocycles. The van der Waals surface area contributed by atoms with Gasteiger partial charge in [0, 0.05) is 31.2 Å². The molecule has 2 heterocycles. The largest absolute Gasteiger partial charge is 0.468 e. The minimum Gasteiger partial charge on any atom is -0.468 e. The highest BCUT2D eigenvalue weighted by Crippen LogP contribution is 2.19. The molecule has 2 amide bonds. The number of nitrogens with zero attached hydrogens (tertiary/aromatic N) is 2. The standard InChI is InChI=1S/C23H29N3O4/c1-17-13-26(10-12-29-17)22(27)16-25(15-21-3-2-11-30-21)14-18-4-6-19(7-5-18)23(28)24-20-8-9-20/h2-7,11,17,20H,8-10,12-16H2,1H3,(H,24,28)/t17-/m0/s1. The Hall–Kier alpha value is -2.64. The van der Waals surface area contributed by atoms with Crippen molar-refractivity contribution in [2.45, 2.75) is 45.0 Å². The van der Waals surface area contributed by atoms with Gasteiger partial charge in [0.1, 0.15) is 5.76 Å². The van der Waals surface area contributed by atoms with Crippen LogP contribution in [0.15, 0.2) is 47.1 Å². The first-order valence-electron chi connectivity index (χ1n) is 10.6. The van der Waals surface area contributed by atoms with E-state index in [2.05, 4.69) is 10.2 Å². The maximum absolute atomic E-state index is 12.9. The summed E-state index contributed by atoms with van der Waals surface area (Å²) in [7, 11) is 0. The molecule has 1 aliphatic carbocycles. The van der Waals surface area contributed by atoms with E-state index in [0.717, 1.165) is 24.2 Å². The van der Waals surface area contributed by atoms with Gasteiger partial charge in [-0.2, -0.15) is 0 Å². The van der Waals surface area contributed by atoms with Crippen LogP contribution in [0.3, 0.4) is 0 Å². The normalized spacial score (nSPS) is 19.1. The third-order valence-corrected chi connectivity index (χ3v) is 5.45. The first kappa shape index (κ1) is 20.6. The first-order valence-corrected chi connectivity index (χ1v) is 10.6. The molecule has 1 N–H and O–H groups in total. The average molecular weight is 412 g/mol. The van der Waals surface area contributed by atoms with E-state index in [1.807, 2.05) is 48.2 Å². The van der Waals surface area contributed by atoms with Crippen LogP contribution in [-0.4, -0.2) is 60.0 Å². The van der Waals surface area contributed by atoms with Crippen molar-refractivity contribution in [3.63, 3.8) is 0 Å². The van der Waals surface area contributed by atoms with Gasteiger partial charge in [-0.15, -0.1) is 0 Å². The highest BCUT2D eigenvalue weighted by molar-refractivity contribution is 5.94. The number of nitrogens with one attached hydrogen (secondary N) is 1. The average Bonchev–Trinajstić information content (AvgIpc) is 3.40. The Bertz CT molecular complexity index is 846. The Kier molecular flexibility index (Phi) is 6.50. The van der Waals surface area contributed by atoms with Crippen LogP contribution in [0.5, 0.6) is 0 Å². The summed E-state index contributed by atoms with van der Waals surface area (Å²) in [6, 6.07) is 11.7. The lowest BCUT2D eigenvalue weighted by atomic mass is 10.1. The minimum absolute atomic E-state index is 0.0203. The molecule has 0 bridgehead atoms. The number of hydrogen-bond donors (Lipinski definition) is 1. The van der Waals surface area contributed by atoms with Crippen molar-refractivity contribution in [3.8, 4) is 0 Å². The van der Waals surface area contributed by atoms with Crippen LogP contribution < -0.4 is 5.32 Å². The van der Waals surface area contributed by atoms with Crippen molar-refractivity contribution < 1.29 is 18.7 Å². The third-order valence-electron chi connectivity index (χ3n) is 5.45. The molecule has 2 aliphatic rings. The lowest BCUT2D eigenvalue weighted by Gasteiger charge is -2.33. The summed E-state index contributed by atoms with van der Waals surface area (Å²) >= 11 is 0. The van der Waals surface area contributed by atoms with Crippen molar-refractivity contribution in [2.75, 3.05) is 26.2 Å². The Morgan fingerprint density at radius 3 is 2.63 bits per heavy atom. The molecule has 1 aromatic carbocycles. The van der Waals surface area contributed by atoms with Gasteiger partial charge >= 0.3 is 0 Å². The van der Waals surface area contributed by atoms with Gasteiger partial charge in [-0.05, 0) is 49.6 Å². The first-order chi connectivity index (χ1) is 14.6. The van der Waals surface area contributed by atoms with Gasteiger partial charge in [0.15, 0.2) is 0 Å². The fraction of sp³-hybridized carbons (Fsp3) is 0.478. The van der Waals surface area contributed by atoms with Crippen molar-refractivity contribution in [2.24, 2.45) is 0 Å². The number of amides is 2. The lowest BCUT2D eigenvalue weighted by molar-refractivity contribution is -0.139. The quantitative estimate of drug-likeness (QED) is 0.722. The summed E-state index contributed by atoms with van der Waals surface area (Å²) in [6.45, 7) is 5.26. The molecule has 7 heteroatoms. The van der Waals surface area contributed by atoms with Crippen LogP contribution in [0.1, 0.15) is 41.4 Å². The van der Waals surface area contributed by atoms with E-state index in [9.17, 15) is 9.59 Å². The number of carbonyl (C=O) groups excluding carboxylic acids is 2. The highest BCUT2D eigenvalue weighted by atomic mass is 16.5. The van der Waals surface area contributed by atoms with Gasteiger partial charge in [-0.25, -0.2) is 0 Å². The molecule has 0 spiro atoms. The monoisotopic (exact) mass is 411 g/mol. The second kappa shape index (κ2) is 9.45. The topological polar surface area (TPSA) is 75.0 Å². The molecule has 160 valence electrons. The fourth-order valence-corrected chi connectivity index (χ4v) is 3.64. The summed E-state index contributed by atoms with van der Waals surface area (Å²) < 4.78 is 11.0. The fourth-order valence-electron chi connectivity index (χ4n) is 3.64. The summed E-state index contributed by atoms with van der Waals surface area (Å²) in [4.78, 5) is 29.0. The molecule has 1 saturated heterocycles. The summed E-state index contributed by atoms with van der Waals surface area (Å²) in [5.41, 5.74) is 1.72. The number of ether oxygens (including phenoxy) is 1. The lowest BCUT2D eigenvalue weighted by Crippen LogP contribution is -2.48. The number of furan rings is 1. The van der Waals surface area contributed by atoms with Crippen molar-refractivity contribution in [1.29, 1.82) is 0 Å². The molecular weight excluding hydrogens is 382 g/mol. The number of hydrogen-bond acceptors (Lipinski definition) is 5. The third kappa shape index (κ3) is 5.70. The van der Waals surface area contributed by atoms with Crippen LogP contribution in [0, 0.1) is 0 Å². The number of morpholine rings is 1. The molecule has 0 unspecified atom stereocenters. The van der Waals surface area contributed by atoms with E-state index in [-0.39, 0.29) is 17.9 Å². The predicted octanol–water partition coefficient (Wildman–Crippen LogP) is 2.42. The maximum Gasteiger partial charge on any atom is 0.251 e. The van der Waals surface area contributed by atoms with Crippen LogP contribution >= 0.6 is 0 Å². The number of benzene rings is 1. The molecule has 7 nitrogen and oxygen atoms in total. The predicted molar refractivity (Wildman–Crippen MR) is 112 cm³/mol.